The van der Waals surface area contributed by atoms with E-state index in [2.05, 4.69) is 0 Å². The minimum atomic E-state index is -0.160. The fraction of sp³-hybridized carbons (Fsp3) is 0.286. The Morgan fingerprint density at radius 1 is 1.28 bits per heavy atom. The van der Waals surface area contributed by atoms with Gasteiger partial charge in [-0.2, -0.15) is 0 Å². The summed E-state index contributed by atoms with van der Waals surface area (Å²) < 4.78 is 5.14. The van der Waals surface area contributed by atoms with Crippen molar-refractivity contribution in [2.45, 2.75) is 13.3 Å². The highest BCUT2D eigenvalue weighted by molar-refractivity contribution is 6.03. The molecule has 0 fully saturated rings. The average molecular weight is 245 g/mol. The number of hydrogen-bond donors (Lipinski definition) is 0. The van der Waals surface area contributed by atoms with E-state index in [4.69, 9.17) is 4.74 Å². The molecule has 1 aromatic rings. The van der Waals surface area contributed by atoms with Gasteiger partial charge in [-0.3, -0.25) is 14.5 Å². The third kappa shape index (κ3) is 2.42. The Bertz CT molecular complexity index is 479. The largest absolute Gasteiger partial charge is 0.497 e. The quantitative estimate of drug-likeness (QED) is 0.818. The van der Waals surface area contributed by atoms with Crippen molar-refractivity contribution in [2.24, 2.45) is 0 Å². The number of nitrogens with zero attached hydrogens (tertiary/aromatic N) is 1. The Labute approximate surface area is 106 Å². The molecule has 0 aliphatic carbocycles. The monoisotopic (exact) mass is 245 g/mol. The Morgan fingerprint density at radius 3 is 2.67 bits per heavy atom. The zero-order chi connectivity index (χ0) is 13.0. The van der Waals surface area contributed by atoms with Gasteiger partial charge in [-0.05, 0) is 12.1 Å². The predicted octanol–water partition coefficient (Wildman–Crippen LogP) is 1.98. The number of rotatable bonds is 3. The summed E-state index contributed by atoms with van der Waals surface area (Å²) in [6.45, 7) is 2.59. The molecular weight excluding hydrogens is 230 g/mol. The molecule has 0 saturated heterocycles. The SMILES string of the molecule is CCC(=O)C1=COCCN1C(=O)c1ccccc1. The first-order chi connectivity index (χ1) is 8.74. The van der Waals surface area contributed by atoms with Crippen LogP contribution in [0.2, 0.25) is 0 Å². The van der Waals surface area contributed by atoms with Crippen LogP contribution >= 0.6 is 0 Å². The van der Waals surface area contributed by atoms with Crippen LogP contribution in [0.5, 0.6) is 0 Å². The maximum atomic E-state index is 12.3. The van der Waals surface area contributed by atoms with Crippen molar-refractivity contribution >= 4 is 11.7 Å². The van der Waals surface area contributed by atoms with Gasteiger partial charge in [0.2, 0.25) is 0 Å². The van der Waals surface area contributed by atoms with Crippen LogP contribution in [0.25, 0.3) is 0 Å². The molecule has 1 aromatic carbocycles. The number of carbonyl (C=O) groups is 2. The van der Waals surface area contributed by atoms with E-state index in [0.717, 1.165) is 0 Å². The van der Waals surface area contributed by atoms with E-state index in [-0.39, 0.29) is 11.7 Å². The van der Waals surface area contributed by atoms with Crippen molar-refractivity contribution in [3.05, 3.63) is 47.9 Å². The van der Waals surface area contributed by atoms with Crippen LogP contribution in [-0.2, 0) is 9.53 Å². The summed E-state index contributed by atoms with van der Waals surface area (Å²) >= 11 is 0. The van der Waals surface area contributed by atoms with Crippen LogP contribution in [-0.4, -0.2) is 29.7 Å². The van der Waals surface area contributed by atoms with Gasteiger partial charge in [0, 0.05) is 12.0 Å². The second-order valence-corrected chi connectivity index (χ2v) is 3.97. The zero-order valence-electron chi connectivity index (χ0n) is 10.3. The highest BCUT2D eigenvalue weighted by Crippen LogP contribution is 2.16. The maximum absolute atomic E-state index is 12.3. The highest BCUT2D eigenvalue weighted by atomic mass is 16.5. The molecule has 1 aliphatic rings. The van der Waals surface area contributed by atoms with Crippen LogP contribution in [0.1, 0.15) is 23.7 Å². The third-order valence-corrected chi connectivity index (χ3v) is 2.79. The lowest BCUT2D eigenvalue weighted by Gasteiger charge is -2.27. The first-order valence-corrected chi connectivity index (χ1v) is 5.96. The summed E-state index contributed by atoms with van der Waals surface area (Å²) in [5.74, 6) is -0.245. The summed E-state index contributed by atoms with van der Waals surface area (Å²) in [7, 11) is 0. The van der Waals surface area contributed by atoms with E-state index >= 15 is 0 Å². The first kappa shape index (κ1) is 12.4. The topological polar surface area (TPSA) is 46.6 Å². The minimum Gasteiger partial charge on any atom is -0.497 e. The summed E-state index contributed by atoms with van der Waals surface area (Å²) in [5.41, 5.74) is 0.923. The molecule has 0 atom stereocenters. The standard InChI is InChI=1S/C14H15NO3/c1-2-13(16)12-10-18-9-8-15(12)14(17)11-6-4-3-5-7-11/h3-7,10H,2,8-9H2,1H3. The molecule has 0 bridgehead atoms. The van der Waals surface area contributed by atoms with Gasteiger partial charge in [0.25, 0.3) is 5.91 Å². The van der Waals surface area contributed by atoms with E-state index < -0.39 is 0 Å². The van der Waals surface area contributed by atoms with Gasteiger partial charge >= 0.3 is 0 Å². The van der Waals surface area contributed by atoms with Crippen molar-refractivity contribution in [2.75, 3.05) is 13.2 Å². The first-order valence-electron chi connectivity index (χ1n) is 5.96. The van der Waals surface area contributed by atoms with Gasteiger partial charge < -0.3 is 4.74 Å². The van der Waals surface area contributed by atoms with E-state index in [1.807, 2.05) is 6.07 Å². The minimum absolute atomic E-state index is 0.0843. The number of ketones is 1. The maximum Gasteiger partial charge on any atom is 0.258 e. The highest BCUT2D eigenvalue weighted by Gasteiger charge is 2.26. The molecule has 0 aromatic heterocycles. The van der Waals surface area contributed by atoms with Gasteiger partial charge in [-0.1, -0.05) is 25.1 Å². The van der Waals surface area contributed by atoms with Crippen molar-refractivity contribution in [3.63, 3.8) is 0 Å². The molecule has 1 aliphatic heterocycles. The fourth-order valence-electron chi connectivity index (χ4n) is 1.81. The van der Waals surface area contributed by atoms with Gasteiger partial charge in [0.1, 0.15) is 18.6 Å². The van der Waals surface area contributed by atoms with E-state index in [0.29, 0.717) is 30.8 Å². The lowest BCUT2D eigenvalue weighted by atomic mass is 10.1. The number of amides is 1. The third-order valence-electron chi connectivity index (χ3n) is 2.79. The Kier molecular flexibility index (Phi) is 3.77. The molecule has 1 heterocycles. The summed E-state index contributed by atoms with van der Waals surface area (Å²) in [4.78, 5) is 25.6. The van der Waals surface area contributed by atoms with Crippen LogP contribution in [0, 0.1) is 0 Å². The fourth-order valence-corrected chi connectivity index (χ4v) is 1.81. The van der Waals surface area contributed by atoms with Crippen molar-refractivity contribution in [1.29, 1.82) is 0 Å². The zero-order valence-corrected chi connectivity index (χ0v) is 10.3. The lowest BCUT2D eigenvalue weighted by Crippen LogP contribution is -2.38. The number of hydrogen-bond acceptors (Lipinski definition) is 3. The Morgan fingerprint density at radius 2 is 2.00 bits per heavy atom. The predicted molar refractivity (Wildman–Crippen MR) is 66.8 cm³/mol. The smallest absolute Gasteiger partial charge is 0.258 e. The molecule has 4 heteroatoms. The van der Waals surface area contributed by atoms with Gasteiger partial charge in [-0.15, -0.1) is 0 Å². The Balaban J connectivity index is 2.26. The molecule has 2 rings (SSSR count). The van der Waals surface area contributed by atoms with Crippen LogP contribution < -0.4 is 0 Å². The number of allylic oxidation sites excluding steroid dienone is 1. The molecule has 1 amide bonds. The lowest BCUT2D eigenvalue weighted by molar-refractivity contribution is -0.117. The molecule has 0 spiro atoms. The second-order valence-electron chi connectivity index (χ2n) is 3.97. The summed E-state index contributed by atoms with van der Waals surface area (Å²) in [6, 6.07) is 8.94. The summed E-state index contributed by atoms with van der Waals surface area (Å²) in [5, 5.41) is 0. The molecule has 0 N–H and O–H groups in total. The molecule has 0 unspecified atom stereocenters. The van der Waals surface area contributed by atoms with Crippen molar-refractivity contribution in [3.8, 4) is 0 Å². The second kappa shape index (κ2) is 5.49. The van der Waals surface area contributed by atoms with Crippen molar-refractivity contribution in [1.82, 2.24) is 4.90 Å². The molecule has 4 nitrogen and oxygen atoms in total. The van der Waals surface area contributed by atoms with Gasteiger partial charge in [0.05, 0.1) is 6.54 Å². The van der Waals surface area contributed by atoms with E-state index in [1.165, 1.54) is 11.2 Å². The normalized spacial score (nSPS) is 14.7. The molecule has 94 valence electrons. The van der Waals surface area contributed by atoms with Crippen LogP contribution in [0.4, 0.5) is 0 Å². The Hall–Kier alpha value is -2.10. The molecule has 0 radical (unpaired) electrons. The molecule has 18 heavy (non-hydrogen) atoms. The van der Waals surface area contributed by atoms with E-state index in [1.54, 1.807) is 31.2 Å². The number of benzene rings is 1. The number of Topliss-reactive ketones (excluding diaryl/α,β-unsaturated/α-hetero) is 1. The number of ether oxygens (including phenoxy) is 1. The van der Waals surface area contributed by atoms with Gasteiger partial charge in [0.15, 0.2) is 5.78 Å². The van der Waals surface area contributed by atoms with Gasteiger partial charge in [-0.25, -0.2) is 0 Å². The van der Waals surface area contributed by atoms with Crippen LogP contribution in [0.15, 0.2) is 42.3 Å². The number of carbonyl (C=O) groups excluding carboxylic acids is 2. The van der Waals surface area contributed by atoms with E-state index in [9.17, 15) is 9.59 Å². The van der Waals surface area contributed by atoms with Crippen molar-refractivity contribution < 1.29 is 14.3 Å². The molecule has 0 saturated carbocycles. The average Bonchev–Trinajstić information content (AvgIpc) is 2.46. The summed E-state index contributed by atoms with van der Waals surface area (Å²) in [6.07, 6.45) is 1.74. The molecular formula is C14H15NO3. The van der Waals surface area contributed by atoms with Crippen LogP contribution in [0.3, 0.4) is 0 Å².